The van der Waals surface area contributed by atoms with Crippen LogP contribution in [0, 0.1) is 0 Å². The second-order valence-electron chi connectivity index (χ2n) is 6.35. The fraction of sp³-hybridized carbons (Fsp3) is 0.750. The van der Waals surface area contributed by atoms with E-state index in [4.69, 9.17) is 0 Å². The largest absolute Gasteiger partial charge is 0.388 e. The van der Waals surface area contributed by atoms with Crippen LogP contribution < -0.4 is 5.32 Å². The van der Waals surface area contributed by atoms with E-state index in [1.165, 1.54) is 36.9 Å². The number of hydrogen-bond donors (Lipinski definition) is 2. The molecule has 0 saturated heterocycles. The third kappa shape index (κ3) is 3.11. The van der Waals surface area contributed by atoms with Crippen molar-refractivity contribution in [3.8, 4) is 0 Å². The van der Waals surface area contributed by atoms with Crippen LogP contribution in [-0.2, 0) is 12.8 Å². The molecule has 0 aromatic carbocycles. The van der Waals surface area contributed by atoms with E-state index >= 15 is 0 Å². The van der Waals surface area contributed by atoms with Crippen LogP contribution in [0.1, 0.15) is 62.6 Å². The maximum atomic E-state index is 10.6. The summed E-state index contributed by atoms with van der Waals surface area (Å²) in [5.41, 5.74) is 1.95. The van der Waals surface area contributed by atoms with Crippen LogP contribution in [0.4, 0.5) is 5.82 Å². The molecule has 0 radical (unpaired) electrons. The monoisotopic (exact) mass is 275 g/mol. The van der Waals surface area contributed by atoms with Crippen LogP contribution in [0.5, 0.6) is 0 Å². The minimum absolute atomic E-state index is 0.541. The maximum absolute atomic E-state index is 10.6. The van der Waals surface area contributed by atoms with E-state index in [-0.39, 0.29) is 0 Å². The Bertz CT molecular complexity index is 455. The lowest BCUT2D eigenvalue weighted by molar-refractivity contribution is 0.0166. The molecule has 1 saturated carbocycles. The van der Waals surface area contributed by atoms with E-state index in [1.807, 2.05) is 0 Å². The first-order chi connectivity index (χ1) is 9.77. The van der Waals surface area contributed by atoms with E-state index in [9.17, 15) is 5.11 Å². The topological polar surface area (TPSA) is 58.0 Å². The van der Waals surface area contributed by atoms with Crippen molar-refractivity contribution in [2.75, 3.05) is 11.9 Å². The van der Waals surface area contributed by atoms with Crippen LogP contribution in [0.3, 0.4) is 0 Å². The average molecular weight is 275 g/mol. The number of aryl methyl sites for hydroxylation is 1. The predicted molar refractivity (Wildman–Crippen MR) is 79.8 cm³/mol. The number of nitrogens with zero attached hydrogens (tertiary/aromatic N) is 2. The second-order valence-corrected chi connectivity index (χ2v) is 6.35. The summed E-state index contributed by atoms with van der Waals surface area (Å²) in [5, 5.41) is 14.0. The summed E-state index contributed by atoms with van der Waals surface area (Å²) < 4.78 is 0. The van der Waals surface area contributed by atoms with E-state index in [0.717, 1.165) is 44.3 Å². The summed E-state index contributed by atoms with van der Waals surface area (Å²) in [6.07, 6.45) is 12.9. The highest BCUT2D eigenvalue weighted by Gasteiger charge is 2.29. The minimum Gasteiger partial charge on any atom is -0.388 e. The summed E-state index contributed by atoms with van der Waals surface area (Å²) in [7, 11) is 0. The van der Waals surface area contributed by atoms with Gasteiger partial charge in [0, 0.05) is 17.8 Å². The normalized spacial score (nSPS) is 21.9. The molecule has 0 bridgehead atoms. The Balaban J connectivity index is 1.71. The Morgan fingerprint density at radius 3 is 2.60 bits per heavy atom. The zero-order valence-electron chi connectivity index (χ0n) is 12.2. The van der Waals surface area contributed by atoms with E-state index in [2.05, 4.69) is 15.3 Å². The molecule has 0 spiro atoms. The minimum atomic E-state index is -0.541. The Labute approximate surface area is 121 Å². The number of fused-ring (bicyclic) bond motifs is 1. The van der Waals surface area contributed by atoms with Gasteiger partial charge in [-0.15, -0.1) is 0 Å². The van der Waals surface area contributed by atoms with Gasteiger partial charge in [0.15, 0.2) is 0 Å². The van der Waals surface area contributed by atoms with Crippen molar-refractivity contribution >= 4 is 5.82 Å². The van der Waals surface area contributed by atoms with Gasteiger partial charge in [0.05, 0.1) is 5.60 Å². The van der Waals surface area contributed by atoms with Crippen LogP contribution >= 0.6 is 0 Å². The lowest BCUT2D eigenvalue weighted by Gasteiger charge is -2.32. The lowest BCUT2D eigenvalue weighted by Crippen LogP contribution is -2.39. The molecule has 3 rings (SSSR count). The maximum Gasteiger partial charge on any atom is 0.132 e. The van der Waals surface area contributed by atoms with Gasteiger partial charge in [-0.3, -0.25) is 0 Å². The molecular formula is C16H25N3O. The van der Waals surface area contributed by atoms with Crippen molar-refractivity contribution < 1.29 is 5.11 Å². The first kappa shape index (κ1) is 13.8. The molecule has 1 fully saturated rings. The van der Waals surface area contributed by atoms with Gasteiger partial charge in [-0.05, 0) is 38.5 Å². The molecule has 4 heteroatoms. The Morgan fingerprint density at radius 1 is 1.00 bits per heavy atom. The predicted octanol–water partition coefficient (Wildman–Crippen LogP) is 2.85. The SMILES string of the molecule is OC1(CNc2ncnc3c2CCCCC3)CCCCC1. The molecule has 2 aliphatic rings. The zero-order valence-corrected chi connectivity index (χ0v) is 12.2. The van der Waals surface area contributed by atoms with Crippen LogP contribution in [0.25, 0.3) is 0 Å². The number of hydrogen-bond acceptors (Lipinski definition) is 4. The van der Waals surface area contributed by atoms with E-state index in [0.29, 0.717) is 6.54 Å². The fourth-order valence-corrected chi connectivity index (χ4v) is 3.49. The molecule has 1 heterocycles. The molecular weight excluding hydrogens is 250 g/mol. The van der Waals surface area contributed by atoms with Crippen molar-refractivity contribution in [1.29, 1.82) is 0 Å². The third-order valence-electron chi connectivity index (χ3n) is 4.74. The number of aliphatic hydroxyl groups is 1. The molecule has 2 aliphatic carbocycles. The van der Waals surface area contributed by atoms with Gasteiger partial charge in [-0.2, -0.15) is 0 Å². The number of rotatable bonds is 3. The Kier molecular flexibility index (Phi) is 4.20. The molecule has 0 atom stereocenters. The zero-order chi connectivity index (χ0) is 13.8. The van der Waals surface area contributed by atoms with E-state index < -0.39 is 5.60 Å². The third-order valence-corrected chi connectivity index (χ3v) is 4.74. The summed E-state index contributed by atoms with van der Waals surface area (Å²) in [6, 6.07) is 0. The second kappa shape index (κ2) is 6.08. The van der Waals surface area contributed by atoms with Crippen molar-refractivity contribution in [2.45, 2.75) is 69.8 Å². The van der Waals surface area contributed by atoms with Crippen LogP contribution in [0.15, 0.2) is 6.33 Å². The first-order valence-electron chi connectivity index (χ1n) is 8.06. The Hall–Kier alpha value is -1.16. The van der Waals surface area contributed by atoms with Crippen molar-refractivity contribution in [3.63, 3.8) is 0 Å². The average Bonchev–Trinajstić information content (AvgIpc) is 2.71. The first-order valence-corrected chi connectivity index (χ1v) is 8.06. The molecule has 0 unspecified atom stereocenters. The summed E-state index contributed by atoms with van der Waals surface area (Å²) in [4.78, 5) is 8.85. The summed E-state index contributed by atoms with van der Waals surface area (Å²) >= 11 is 0. The van der Waals surface area contributed by atoms with Gasteiger partial charge >= 0.3 is 0 Å². The highest BCUT2D eigenvalue weighted by atomic mass is 16.3. The van der Waals surface area contributed by atoms with Gasteiger partial charge in [0.2, 0.25) is 0 Å². The molecule has 1 aromatic heterocycles. The fourth-order valence-electron chi connectivity index (χ4n) is 3.49. The quantitative estimate of drug-likeness (QED) is 0.833. The van der Waals surface area contributed by atoms with Crippen LogP contribution in [-0.4, -0.2) is 27.2 Å². The number of aromatic nitrogens is 2. The van der Waals surface area contributed by atoms with Gasteiger partial charge in [0.25, 0.3) is 0 Å². The van der Waals surface area contributed by atoms with Gasteiger partial charge in [-0.1, -0.05) is 25.7 Å². The summed E-state index contributed by atoms with van der Waals surface area (Å²) in [5.74, 6) is 0.955. The van der Waals surface area contributed by atoms with Gasteiger partial charge in [0.1, 0.15) is 12.1 Å². The number of nitrogens with one attached hydrogen (secondary N) is 1. The molecule has 2 N–H and O–H groups in total. The summed E-state index contributed by atoms with van der Waals surface area (Å²) in [6.45, 7) is 0.621. The smallest absolute Gasteiger partial charge is 0.132 e. The van der Waals surface area contributed by atoms with Crippen molar-refractivity contribution in [2.24, 2.45) is 0 Å². The van der Waals surface area contributed by atoms with Gasteiger partial charge in [-0.25, -0.2) is 9.97 Å². The molecule has 0 amide bonds. The van der Waals surface area contributed by atoms with Gasteiger partial charge < -0.3 is 10.4 Å². The van der Waals surface area contributed by atoms with E-state index in [1.54, 1.807) is 6.33 Å². The molecule has 4 nitrogen and oxygen atoms in total. The molecule has 110 valence electrons. The van der Waals surface area contributed by atoms with Crippen molar-refractivity contribution in [3.05, 3.63) is 17.6 Å². The number of anilines is 1. The Morgan fingerprint density at radius 2 is 1.75 bits per heavy atom. The molecule has 0 aliphatic heterocycles. The lowest BCUT2D eigenvalue weighted by atomic mass is 9.85. The molecule has 1 aromatic rings. The highest BCUT2D eigenvalue weighted by Crippen LogP contribution is 2.29. The molecule has 20 heavy (non-hydrogen) atoms. The standard InChI is InChI=1S/C16H25N3O/c20-16(9-5-2-6-10-16)11-17-15-13-7-3-1-4-8-14(13)18-12-19-15/h12,20H,1-11H2,(H,17,18,19). The highest BCUT2D eigenvalue weighted by molar-refractivity contribution is 5.46. The van der Waals surface area contributed by atoms with Crippen LogP contribution in [0.2, 0.25) is 0 Å². The van der Waals surface area contributed by atoms with Crippen molar-refractivity contribution in [1.82, 2.24) is 9.97 Å².